The summed E-state index contributed by atoms with van der Waals surface area (Å²) in [5.41, 5.74) is 2.64. The summed E-state index contributed by atoms with van der Waals surface area (Å²) in [7, 11) is 1.34. The number of nitrogens with one attached hydrogen (secondary N) is 2. The van der Waals surface area contributed by atoms with Crippen LogP contribution < -0.4 is 10.6 Å². The molecule has 2 rings (SSSR count). The van der Waals surface area contributed by atoms with E-state index in [0.29, 0.717) is 11.3 Å². The Bertz CT molecular complexity index is 732. The van der Waals surface area contributed by atoms with Crippen LogP contribution in [0.15, 0.2) is 46.9 Å². The molecule has 0 aliphatic heterocycles. The average Bonchev–Trinajstić information content (AvgIpc) is 2.55. The largest absolute Gasteiger partial charge is 0.465 e. The van der Waals surface area contributed by atoms with Gasteiger partial charge in [0, 0.05) is 10.2 Å². The van der Waals surface area contributed by atoms with E-state index in [1.807, 2.05) is 30.3 Å². The van der Waals surface area contributed by atoms with Crippen LogP contribution in [-0.2, 0) is 9.53 Å². The van der Waals surface area contributed by atoms with Gasteiger partial charge in [-0.25, -0.2) is 4.79 Å². The highest BCUT2D eigenvalue weighted by Gasteiger charge is 2.12. The molecule has 6 heteroatoms. The van der Waals surface area contributed by atoms with Crippen LogP contribution >= 0.6 is 15.9 Å². The lowest BCUT2D eigenvalue weighted by atomic mass is 10.1. The van der Waals surface area contributed by atoms with Crippen molar-refractivity contribution in [2.75, 3.05) is 24.3 Å². The predicted octanol–water partition coefficient (Wildman–Crippen LogP) is 3.59. The number of rotatable bonds is 5. The van der Waals surface area contributed by atoms with Crippen molar-refractivity contribution in [3.8, 4) is 0 Å². The number of carbonyl (C=O) groups is 2. The fourth-order valence-electron chi connectivity index (χ4n) is 2.09. The van der Waals surface area contributed by atoms with E-state index in [9.17, 15) is 9.59 Å². The third kappa shape index (κ3) is 4.32. The highest BCUT2D eigenvalue weighted by Crippen LogP contribution is 2.22. The molecule has 1 amide bonds. The van der Waals surface area contributed by atoms with Crippen LogP contribution in [0.25, 0.3) is 0 Å². The van der Waals surface area contributed by atoms with E-state index in [1.54, 1.807) is 19.1 Å². The van der Waals surface area contributed by atoms with Crippen LogP contribution in [0.5, 0.6) is 0 Å². The van der Waals surface area contributed by atoms with Gasteiger partial charge in [0.15, 0.2) is 0 Å². The van der Waals surface area contributed by atoms with Gasteiger partial charge in [-0.3, -0.25) is 4.79 Å². The van der Waals surface area contributed by atoms with E-state index < -0.39 is 5.97 Å². The summed E-state index contributed by atoms with van der Waals surface area (Å²) >= 11 is 3.38. The summed E-state index contributed by atoms with van der Waals surface area (Å²) in [5, 5.41) is 5.85. The Balaban J connectivity index is 2.02. The molecule has 0 unspecified atom stereocenters. The first-order chi connectivity index (χ1) is 11.0. The van der Waals surface area contributed by atoms with E-state index in [1.165, 1.54) is 7.11 Å². The number of amides is 1. The molecule has 120 valence electrons. The van der Waals surface area contributed by atoms with E-state index in [2.05, 4.69) is 26.6 Å². The topological polar surface area (TPSA) is 67.4 Å². The van der Waals surface area contributed by atoms with E-state index >= 15 is 0 Å². The molecule has 2 N–H and O–H groups in total. The van der Waals surface area contributed by atoms with Gasteiger partial charge >= 0.3 is 5.97 Å². The van der Waals surface area contributed by atoms with Crippen molar-refractivity contribution < 1.29 is 14.3 Å². The number of methoxy groups -OCH3 is 1. The maximum Gasteiger partial charge on any atom is 0.338 e. The molecule has 0 heterocycles. The summed E-state index contributed by atoms with van der Waals surface area (Å²) < 4.78 is 5.56. The summed E-state index contributed by atoms with van der Waals surface area (Å²) in [5.74, 6) is -0.580. The molecule has 23 heavy (non-hydrogen) atoms. The van der Waals surface area contributed by atoms with Crippen LogP contribution in [0.3, 0.4) is 0 Å². The average molecular weight is 377 g/mol. The summed E-state index contributed by atoms with van der Waals surface area (Å²) in [4.78, 5) is 23.7. The SMILES string of the molecule is COC(=O)c1cccc(NCC(=O)Nc2ccccc2Br)c1C. The zero-order valence-electron chi connectivity index (χ0n) is 12.9. The molecule has 0 saturated heterocycles. The molecular formula is C17H17BrN2O3. The van der Waals surface area contributed by atoms with Crippen molar-refractivity contribution in [2.24, 2.45) is 0 Å². The minimum atomic E-state index is -0.399. The second kappa shape index (κ2) is 7.78. The van der Waals surface area contributed by atoms with Gasteiger partial charge in [-0.15, -0.1) is 0 Å². The first-order valence-corrected chi connectivity index (χ1v) is 7.78. The second-order valence-corrected chi connectivity index (χ2v) is 5.71. The lowest BCUT2D eigenvalue weighted by molar-refractivity contribution is -0.114. The minimum Gasteiger partial charge on any atom is -0.465 e. The summed E-state index contributed by atoms with van der Waals surface area (Å²) in [6.45, 7) is 1.90. The van der Waals surface area contributed by atoms with Gasteiger partial charge in [0.2, 0.25) is 5.91 Å². The van der Waals surface area contributed by atoms with Crippen molar-refractivity contribution >= 4 is 39.2 Å². The van der Waals surface area contributed by atoms with Crippen LogP contribution in [0.2, 0.25) is 0 Å². The maximum atomic E-state index is 12.0. The number of esters is 1. The van der Waals surface area contributed by atoms with E-state index in [0.717, 1.165) is 15.7 Å². The van der Waals surface area contributed by atoms with Gasteiger partial charge in [-0.2, -0.15) is 0 Å². The molecule has 0 spiro atoms. The molecule has 0 fully saturated rings. The van der Waals surface area contributed by atoms with E-state index in [-0.39, 0.29) is 12.5 Å². The van der Waals surface area contributed by atoms with Gasteiger partial charge in [0.1, 0.15) is 0 Å². The zero-order chi connectivity index (χ0) is 16.8. The normalized spacial score (nSPS) is 10.0. The smallest absolute Gasteiger partial charge is 0.338 e. The van der Waals surface area contributed by atoms with Crippen LogP contribution in [-0.4, -0.2) is 25.5 Å². The fourth-order valence-corrected chi connectivity index (χ4v) is 2.47. The van der Waals surface area contributed by atoms with Gasteiger partial charge in [0.25, 0.3) is 0 Å². The molecule has 2 aromatic rings. The first kappa shape index (κ1) is 17.0. The lowest BCUT2D eigenvalue weighted by Crippen LogP contribution is -2.22. The fraction of sp³-hybridized carbons (Fsp3) is 0.176. The predicted molar refractivity (Wildman–Crippen MR) is 93.8 cm³/mol. The van der Waals surface area contributed by atoms with Crippen LogP contribution in [0, 0.1) is 6.92 Å². The summed E-state index contributed by atoms with van der Waals surface area (Å²) in [6, 6.07) is 12.6. The van der Waals surface area contributed by atoms with Crippen molar-refractivity contribution in [1.82, 2.24) is 0 Å². The van der Waals surface area contributed by atoms with Crippen molar-refractivity contribution in [3.05, 3.63) is 58.1 Å². The monoisotopic (exact) mass is 376 g/mol. The zero-order valence-corrected chi connectivity index (χ0v) is 14.4. The van der Waals surface area contributed by atoms with Crippen molar-refractivity contribution in [1.29, 1.82) is 0 Å². The molecule has 0 atom stereocenters. The van der Waals surface area contributed by atoms with Crippen molar-refractivity contribution in [3.63, 3.8) is 0 Å². The molecule has 0 aliphatic carbocycles. The minimum absolute atomic E-state index is 0.0901. The molecule has 0 radical (unpaired) electrons. The third-order valence-electron chi connectivity index (χ3n) is 3.33. The molecule has 0 saturated carbocycles. The number of benzene rings is 2. The third-order valence-corrected chi connectivity index (χ3v) is 4.02. The van der Waals surface area contributed by atoms with Crippen LogP contribution in [0.4, 0.5) is 11.4 Å². The molecule has 0 bridgehead atoms. The Labute approximate surface area is 143 Å². The Kier molecular flexibility index (Phi) is 5.76. The Morgan fingerprint density at radius 1 is 1.09 bits per heavy atom. The number of halogens is 1. The number of anilines is 2. The van der Waals surface area contributed by atoms with Gasteiger partial charge in [-0.05, 0) is 52.7 Å². The molecule has 5 nitrogen and oxygen atoms in total. The second-order valence-electron chi connectivity index (χ2n) is 4.85. The molecular weight excluding hydrogens is 360 g/mol. The number of ether oxygens (including phenoxy) is 1. The van der Waals surface area contributed by atoms with Crippen molar-refractivity contribution in [2.45, 2.75) is 6.92 Å². The van der Waals surface area contributed by atoms with Gasteiger partial charge in [0.05, 0.1) is 24.9 Å². The Morgan fingerprint density at radius 2 is 1.78 bits per heavy atom. The molecule has 2 aromatic carbocycles. The molecule has 0 aromatic heterocycles. The van der Waals surface area contributed by atoms with Crippen LogP contribution in [0.1, 0.15) is 15.9 Å². The Hall–Kier alpha value is -2.34. The molecule has 0 aliphatic rings. The van der Waals surface area contributed by atoms with Gasteiger partial charge in [-0.1, -0.05) is 18.2 Å². The quantitative estimate of drug-likeness (QED) is 0.782. The standard InChI is InChI=1S/C17H17BrN2O3/c1-11-12(17(22)23-2)6-5-9-14(11)19-10-16(21)20-15-8-4-3-7-13(15)18/h3-9,19H,10H2,1-2H3,(H,20,21). The highest BCUT2D eigenvalue weighted by atomic mass is 79.9. The van der Waals surface area contributed by atoms with E-state index in [4.69, 9.17) is 4.74 Å². The van der Waals surface area contributed by atoms with Gasteiger partial charge < -0.3 is 15.4 Å². The number of carbonyl (C=O) groups excluding carboxylic acids is 2. The number of hydrogen-bond donors (Lipinski definition) is 2. The highest BCUT2D eigenvalue weighted by molar-refractivity contribution is 9.10. The lowest BCUT2D eigenvalue weighted by Gasteiger charge is -2.13. The summed E-state index contributed by atoms with van der Waals surface area (Å²) in [6.07, 6.45) is 0. The number of hydrogen-bond acceptors (Lipinski definition) is 4. The number of para-hydroxylation sites is 1. The Morgan fingerprint density at radius 3 is 2.48 bits per heavy atom. The first-order valence-electron chi connectivity index (χ1n) is 6.99. The maximum absolute atomic E-state index is 12.0.